The molecule has 2 amide bonds. The third-order valence-corrected chi connectivity index (χ3v) is 6.27. The van der Waals surface area contributed by atoms with Crippen molar-refractivity contribution in [1.82, 2.24) is 14.7 Å². The first-order valence-corrected chi connectivity index (χ1v) is 10.00. The molecule has 1 aromatic heterocycles. The van der Waals surface area contributed by atoms with E-state index in [0.29, 0.717) is 18.8 Å². The quantitative estimate of drug-likeness (QED) is 0.899. The van der Waals surface area contributed by atoms with Gasteiger partial charge in [-0.05, 0) is 36.0 Å². The van der Waals surface area contributed by atoms with Crippen molar-refractivity contribution >= 4 is 29.4 Å². The van der Waals surface area contributed by atoms with E-state index in [2.05, 4.69) is 10.4 Å². The minimum absolute atomic E-state index is 0.0538. The second-order valence-corrected chi connectivity index (χ2v) is 8.21. The predicted octanol–water partition coefficient (Wildman–Crippen LogP) is 2.67. The van der Waals surface area contributed by atoms with E-state index in [9.17, 15) is 9.59 Å². The second-order valence-electron chi connectivity index (χ2n) is 6.98. The highest BCUT2D eigenvalue weighted by molar-refractivity contribution is 7.99. The SMILES string of the molecule is Cn1ccc(NC(=O)CC2(N3Cc4ccccc4C3=O)CCSCC2)n1. The van der Waals surface area contributed by atoms with Gasteiger partial charge >= 0.3 is 0 Å². The van der Waals surface area contributed by atoms with Gasteiger partial charge in [0.15, 0.2) is 5.82 Å². The Labute approximate surface area is 156 Å². The fraction of sp³-hybridized carbons (Fsp3) is 0.421. The number of carbonyl (C=O) groups excluding carboxylic acids is 2. The lowest BCUT2D eigenvalue weighted by Gasteiger charge is -2.44. The van der Waals surface area contributed by atoms with Crippen LogP contribution in [0, 0.1) is 0 Å². The molecule has 136 valence electrons. The van der Waals surface area contributed by atoms with E-state index >= 15 is 0 Å². The van der Waals surface area contributed by atoms with E-state index in [1.807, 2.05) is 48.0 Å². The van der Waals surface area contributed by atoms with Gasteiger partial charge in [0.1, 0.15) is 0 Å². The Morgan fingerprint density at radius 2 is 2.04 bits per heavy atom. The van der Waals surface area contributed by atoms with Crippen LogP contribution in [0.4, 0.5) is 5.82 Å². The van der Waals surface area contributed by atoms with Crippen LogP contribution in [0.2, 0.25) is 0 Å². The molecular formula is C19H22N4O2S. The maximum Gasteiger partial charge on any atom is 0.254 e. The summed E-state index contributed by atoms with van der Waals surface area (Å²) in [5.74, 6) is 2.46. The lowest BCUT2D eigenvalue weighted by molar-refractivity contribution is -0.119. The van der Waals surface area contributed by atoms with Crippen LogP contribution in [-0.4, -0.2) is 43.5 Å². The lowest BCUT2D eigenvalue weighted by Crippen LogP contribution is -2.53. The average Bonchev–Trinajstić information content (AvgIpc) is 3.19. The molecule has 2 aliphatic heterocycles. The van der Waals surface area contributed by atoms with Crippen LogP contribution in [0.15, 0.2) is 36.5 Å². The zero-order chi connectivity index (χ0) is 18.1. The van der Waals surface area contributed by atoms with E-state index in [1.165, 1.54) is 0 Å². The van der Waals surface area contributed by atoms with Gasteiger partial charge in [0.25, 0.3) is 5.91 Å². The summed E-state index contributed by atoms with van der Waals surface area (Å²) < 4.78 is 1.66. The molecule has 4 rings (SSSR count). The number of benzene rings is 1. The number of hydrogen-bond donors (Lipinski definition) is 1. The third kappa shape index (κ3) is 3.11. The number of aryl methyl sites for hydroxylation is 1. The normalized spacial score (nSPS) is 18.7. The number of nitrogens with zero attached hydrogens (tertiary/aromatic N) is 3. The molecule has 1 saturated heterocycles. The summed E-state index contributed by atoms with van der Waals surface area (Å²) in [6.07, 6.45) is 3.78. The molecule has 0 unspecified atom stereocenters. The molecule has 2 aliphatic rings. The molecule has 6 nitrogen and oxygen atoms in total. The fourth-order valence-corrected chi connectivity index (χ4v) is 5.15. The van der Waals surface area contributed by atoms with E-state index in [4.69, 9.17) is 0 Å². The Balaban J connectivity index is 1.56. The van der Waals surface area contributed by atoms with Gasteiger partial charge in [-0.1, -0.05) is 18.2 Å². The van der Waals surface area contributed by atoms with Crippen LogP contribution >= 0.6 is 11.8 Å². The molecular weight excluding hydrogens is 348 g/mol. The zero-order valence-electron chi connectivity index (χ0n) is 14.8. The summed E-state index contributed by atoms with van der Waals surface area (Å²) in [4.78, 5) is 27.7. The first-order chi connectivity index (χ1) is 12.6. The predicted molar refractivity (Wildman–Crippen MR) is 102 cm³/mol. The van der Waals surface area contributed by atoms with Gasteiger partial charge < -0.3 is 10.2 Å². The zero-order valence-corrected chi connectivity index (χ0v) is 15.6. The van der Waals surface area contributed by atoms with Crippen molar-refractivity contribution in [3.8, 4) is 0 Å². The summed E-state index contributed by atoms with van der Waals surface area (Å²) in [6.45, 7) is 0.594. The highest BCUT2D eigenvalue weighted by atomic mass is 32.2. The Morgan fingerprint density at radius 1 is 1.27 bits per heavy atom. The highest BCUT2D eigenvalue weighted by Gasteiger charge is 2.45. The smallest absolute Gasteiger partial charge is 0.254 e. The van der Waals surface area contributed by atoms with Crippen molar-refractivity contribution in [2.75, 3.05) is 16.8 Å². The standard InChI is InChI=1S/C19H22N4O2S/c1-22-9-6-16(21-22)20-17(24)12-19(7-10-26-11-8-19)23-13-14-4-2-3-5-15(14)18(23)25/h2-6,9H,7-8,10-13H2,1H3,(H,20,21,24). The molecule has 0 radical (unpaired) electrons. The van der Waals surface area contributed by atoms with Crippen molar-refractivity contribution in [3.05, 3.63) is 47.7 Å². The first-order valence-electron chi connectivity index (χ1n) is 8.85. The van der Waals surface area contributed by atoms with Gasteiger partial charge in [0.05, 0.1) is 12.0 Å². The molecule has 0 bridgehead atoms. The maximum absolute atomic E-state index is 13.0. The summed E-state index contributed by atoms with van der Waals surface area (Å²) in [5, 5.41) is 7.09. The Morgan fingerprint density at radius 3 is 2.73 bits per heavy atom. The highest BCUT2D eigenvalue weighted by Crippen LogP contribution is 2.40. The van der Waals surface area contributed by atoms with Crippen molar-refractivity contribution < 1.29 is 9.59 Å². The van der Waals surface area contributed by atoms with Crippen LogP contribution < -0.4 is 5.32 Å². The number of carbonyl (C=O) groups is 2. The minimum atomic E-state index is -0.416. The molecule has 0 atom stereocenters. The van der Waals surface area contributed by atoms with Crippen LogP contribution in [0.3, 0.4) is 0 Å². The van der Waals surface area contributed by atoms with E-state index in [0.717, 1.165) is 35.5 Å². The van der Waals surface area contributed by atoms with Gasteiger partial charge in [0.2, 0.25) is 5.91 Å². The van der Waals surface area contributed by atoms with Gasteiger partial charge in [-0.15, -0.1) is 0 Å². The molecule has 0 saturated carbocycles. The Bertz CT molecular complexity index is 842. The topological polar surface area (TPSA) is 67.2 Å². The molecule has 1 N–H and O–H groups in total. The van der Waals surface area contributed by atoms with Gasteiger partial charge in [0, 0.05) is 31.4 Å². The average molecular weight is 370 g/mol. The molecule has 0 aliphatic carbocycles. The van der Waals surface area contributed by atoms with E-state index < -0.39 is 5.54 Å². The molecule has 1 fully saturated rings. The molecule has 26 heavy (non-hydrogen) atoms. The van der Waals surface area contributed by atoms with Crippen molar-refractivity contribution in [2.24, 2.45) is 7.05 Å². The van der Waals surface area contributed by atoms with Gasteiger partial charge in [-0.2, -0.15) is 16.9 Å². The monoisotopic (exact) mass is 370 g/mol. The van der Waals surface area contributed by atoms with Crippen molar-refractivity contribution in [2.45, 2.75) is 31.3 Å². The summed E-state index contributed by atoms with van der Waals surface area (Å²) >= 11 is 1.89. The summed E-state index contributed by atoms with van der Waals surface area (Å²) in [6, 6.07) is 9.53. The van der Waals surface area contributed by atoms with Crippen molar-refractivity contribution in [3.63, 3.8) is 0 Å². The first kappa shape index (κ1) is 17.1. The van der Waals surface area contributed by atoms with Crippen LogP contribution in [0.1, 0.15) is 35.2 Å². The third-order valence-electron chi connectivity index (χ3n) is 5.29. The van der Waals surface area contributed by atoms with Crippen LogP contribution in [0.5, 0.6) is 0 Å². The summed E-state index contributed by atoms with van der Waals surface area (Å²) in [5.41, 5.74) is 1.41. The van der Waals surface area contributed by atoms with Crippen LogP contribution in [0.25, 0.3) is 0 Å². The van der Waals surface area contributed by atoms with Crippen molar-refractivity contribution in [1.29, 1.82) is 0 Å². The molecule has 0 spiro atoms. The molecule has 1 aromatic carbocycles. The molecule has 7 heteroatoms. The second kappa shape index (κ2) is 6.79. The molecule has 3 heterocycles. The lowest BCUT2D eigenvalue weighted by atomic mass is 9.86. The largest absolute Gasteiger partial charge is 0.328 e. The van der Waals surface area contributed by atoms with E-state index in [1.54, 1.807) is 16.9 Å². The van der Waals surface area contributed by atoms with E-state index in [-0.39, 0.29) is 11.8 Å². The number of amides is 2. The number of fused-ring (bicyclic) bond motifs is 1. The van der Waals surface area contributed by atoms with Gasteiger partial charge in [-0.25, -0.2) is 0 Å². The molecule has 2 aromatic rings. The Kier molecular flexibility index (Phi) is 4.48. The fourth-order valence-electron chi connectivity index (χ4n) is 3.90. The maximum atomic E-state index is 13.0. The minimum Gasteiger partial charge on any atom is -0.328 e. The number of hydrogen-bond acceptors (Lipinski definition) is 4. The summed E-state index contributed by atoms with van der Waals surface area (Å²) in [7, 11) is 1.82. The number of thioether (sulfide) groups is 1. The Hall–Kier alpha value is -2.28. The van der Waals surface area contributed by atoms with Crippen LogP contribution in [-0.2, 0) is 18.4 Å². The number of nitrogens with one attached hydrogen (secondary N) is 1. The van der Waals surface area contributed by atoms with Gasteiger partial charge in [-0.3, -0.25) is 14.3 Å². The number of aromatic nitrogens is 2. The number of anilines is 1. The number of rotatable bonds is 4.